The van der Waals surface area contributed by atoms with E-state index >= 15 is 0 Å². The molecule has 1 aliphatic rings. The molecule has 1 N–H and O–H groups in total. The lowest BCUT2D eigenvalue weighted by molar-refractivity contribution is 0.268. The van der Waals surface area contributed by atoms with Crippen molar-refractivity contribution in [2.24, 2.45) is 0 Å². The molecule has 1 aromatic rings. The molecule has 1 fully saturated rings. The van der Waals surface area contributed by atoms with E-state index in [1.54, 1.807) is 20.8 Å². The zero-order chi connectivity index (χ0) is 15.0. The molecule has 112 valence electrons. The second-order valence-corrected chi connectivity index (χ2v) is 9.87. The van der Waals surface area contributed by atoms with Gasteiger partial charge in [0.15, 0.2) is 9.84 Å². The monoisotopic (exact) mass is 315 g/mol. The largest absolute Gasteiger partial charge is 0.315 e. The number of halogens is 1. The quantitative estimate of drug-likeness (QED) is 0.929. The minimum absolute atomic E-state index is 0.0940. The van der Waals surface area contributed by atoms with Gasteiger partial charge < -0.3 is 5.32 Å². The first-order valence-electron chi connectivity index (χ1n) is 6.85. The van der Waals surface area contributed by atoms with E-state index in [4.69, 9.17) is 11.6 Å². The molecular weight excluding hydrogens is 294 g/mol. The van der Waals surface area contributed by atoms with Gasteiger partial charge in [0.25, 0.3) is 0 Å². The van der Waals surface area contributed by atoms with Gasteiger partial charge in [-0.3, -0.25) is 0 Å². The first-order chi connectivity index (χ1) is 9.16. The molecule has 0 aromatic heterocycles. The maximum atomic E-state index is 12.3. The number of hydrogen-bond acceptors (Lipinski definition) is 3. The maximum absolute atomic E-state index is 12.3. The fourth-order valence-electron chi connectivity index (χ4n) is 2.41. The van der Waals surface area contributed by atoms with Gasteiger partial charge in [0.1, 0.15) is 0 Å². The van der Waals surface area contributed by atoms with Gasteiger partial charge in [-0.1, -0.05) is 23.7 Å². The highest BCUT2D eigenvalue weighted by Gasteiger charge is 2.41. The van der Waals surface area contributed by atoms with E-state index in [-0.39, 0.29) is 11.2 Å². The van der Waals surface area contributed by atoms with Gasteiger partial charge in [-0.25, -0.2) is 8.42 Å². The third kappa shape index (κ3) is 3.02. The molecule has 5 heteroatoms. The van der Waals surface area contributed by atoms with Gasteiger partial charge in [0, 0.05) is 23.5 Å². The minimum Gasteiger partial charge on any atom is -0.315 e. The summed E-state index contributed by atoms with van der Waals surface area (Å²) in [7, 11) is -3.09. The van der Waals surface area contributed by atoms with Gasteiger partial charge >= 0.3 is 0 Å². The van der Waals surface area contributed by atoms with Gasteiger partial charge in [-0.05, 0) is 44.9 Å². The molecule has 1 saturated heterocycles. The number of rotatable bonds is 4. The zero-order valence-corrected chi connectivity index (χ0v) is 13.8. The van der Waals surface area contributed by atoms with Gasteiger partial charge in [-0.15, -0.1) is 0 Å². The molecule has 0 atom stereocenters. The molecule has 0 unspecified atom stereocenters. The zero-order valence-electron chi connectivity index (χ0n) is 12.2. The van der Waals surface area contributed by atoms with Crippen molar-refractivity contribution < 1.29 is 8.42 Å². The van der Waals surface area contributed by atoms with Crippen LogP contribution in [0.5, 0.6) is 0 Å². The Bertz CT molecular complexity index is 586. The standard InChI is InChI=1S/C15H22ClNO2S/c1-14(2,3)20(18,19)8-7-15(10-17-11-15)12-5-4-6-13(16)9-12/h4-6,9,17H,7-8,10-11H2,1-3H3. The van der Waals surface area contributed by atoms with E-state index < -0.39 is 14.6 Å². The van der Waals surface area contributed by atoms with E-state index in [0.29, 0.717) is 11.4 Å². The van der Waals surface area contributed by atoms with Crippen LogP contribution < -0.4 is 5.32 Å². The average Bonchev–Trinajstić information content (AvgIpc) is 2.26. The Kier molecular flexibility index (Phi) is 4.20. The van der Waals surface area contributed by atoms with Crippen molar-refractivity contribution in [1.82, 2.24) is 5.32 Å². The van der Waals surface area contributed by atoms with Crippen LogP contribution in [0.3, 0.4) is 0 Å². The van der Waals surface area contributed by atoms with E-state index in [9.17, 15) is 8.42 Å². The molecule has 1 aliphatic heterocycles. The van der Waals surface area contributed by atoms with E-state index in [2.05, 4.69) is 5.32 Å². The molecule has 0 spiro atoms. The van der Waals surface area contributed by atoms with Crippen molar-refractivity contribution in [3.63, 3.8) is 0 Å². The summed E-state index contributed by atoms with van der Waals surface area (Å²) in [6, 6.07) is 7.76. The second kappa shape index (κ2) is 5.32. The van der Waals surface area contributed by atoms with Crippen LogP contribution in [0.4, 0.5) is 0 Å². The third-order valence-corrected chi connectivity index (χ3v) is 6.99. The minimum atomic E-state index is -3.09. The van der Waals surface area contributed by atoms with Crippen molar-refractivity contribution in [2.45, 2.75) is 37.4 Å². The Morgan fingerprint density at radius 2 is 1.95 bits per heavy atom. The fourth-order valence-corrected chi connectivity index (χ4v) is 3.87. The summed E-state index contributed by atoms with van der Waals surface area (Å²) in [5, 5.41) is 3.96. The molecule has 0 amide bonds. The van der Waals surface area contributed by atoms with Gasteiger partial charge in [0.05, 0.1) is 10.5 Å². The molecule has 0 aliphatic carbocycles. The average molecular weight is 316 g/mol. The molecule has 2 rings (SSSR count). The molecule has 3 nitrogen and oxygen atoms in total. The summed E-state index contributed by atoms with van der Waals surface area (Å²) < 4.78 is 23.9. The lowest BCUT2D eigenvalue weighted by Gasteiger charge is -2.44. The summed E-state index contributed by atoms with van der Waals surface area (Å²) in [6.07, 6.45) is 0.639. The summed E-state index contributed by atoms with van der Waals surface area (Å²) >= 11 is 6.06. The van der Waals surface area contributed by atoms with Crippen LogP contribution in [-0.4, -0.2) is 32.0 Å². The highest BCUT2D eigenvalue weighted by molar-refractivity contribution is 7.92. The first-order valence-corrected chi connectivity index (χ1v) is 8.88. The van der Waals surface area contributed by atoms with Crippen LogP contribution in [0.25, 0.3) is 0 Å². The molecule has 20 heavy (non-hydrogen) atoms. The number of hydrogen-bond donors (Lipinski definition) is 1. The first kappa shape index (κ1) is 15.8. The van der Waals surface area contributed by atoms with Crippen LogP contribution in [0, 0.1) is 0 Å². The summed E-state index contributed by atoms with van der Waals surface area (Å²) in [5.74, 6) is 0.213. The van der Waals surface area contributed by atoms with E-state index in [1.807, 2.05) is 24.3 Å². The lowest BCUT2D eigenvalue weighted by Crippen LogP contribution is -2.57. The molecular formula is C15H22ClNO2S. The topological polar surface area (TPSA) is 46.2 Å². The summed E-state index contributed by atoms with van der Waals surface area (Å²) in [6.45, 7) is 6.90. The predicted molar refractivity (Wildman–Crippen MR) is 84.2 cm³/mol. The highest BCUT2D eigenvalue weighted by Crippen LogP contribution is 2.35. The molecule has 0 saturated carbocycles. The summed E-state index contributed by atoms with van der Waals surface area (Å²) in [5.41, 5.74) is 1.04. The Balaban J connectivity index is 2.18. The highest BCUT2D eigenvalue weighted by atomic mass is 35.5. The Morgan fingerprint density at radius 3 is 2.40 bits per heavy atom. The lowest BCUT2D eigenvalue weighted by atomic mass is 9.73. The smallest absolute Gasteiger partial charge is 0.155 e. The van der Waals surface area contributed by atoms with Gasteiger partial charge in [-0.2, -0.15) is 0 Å². The van der Waals surface area contributed by atoms with Crippen molar-refractivity contribution in [3.05, 3.63) is 34.9 Å². The molecule has 1 aromatic carbocycles. The second-order valence-electron chi connectivity index (χ2n) is 6.58. The van der Waals surface area contributed by atoms with Crippen LogP contribution in [-0.2, 0) is 15.3 Å². The third-order valence-electron chi connectivity index (χ3n) is 4.15. The van der Waals surface area contributed by atoms with Gasteiger partial charge in [0.2, 0.25) is 0 Å². The van der Waals surface area contributed by atoms with E-state index in [1.165, 1.54) is 0 Å². The van der Waals surface area contributed by atoms with Crippen LogP contribution in [0.2, 0.25) is 5.02 Å². The number of nitrogens with one attached hydrogen (secondary N) is 1. The van der Waals surface area contributed by atoms with E-state index in [0.717, 1.165) is 18.7 Å². The molecule has 1 heterocycles. The van der Waals surface area contributed by atoms with Crippen LogP contribution >= 0.6 is 11.6 Å². The normalized spacial score (nSPS) is 18.6. The SMILES string of the molecule is CC(C)(C)S(=O)(=O)CCC1(c2cccc(Cl)c2)CNC1. The Hall–Kier alpha value is -0.580. The van der Waals surface area contributed by atoms with Crippen molar-refractivity contribution >= 4 is 21.4 Å². The Morgan fingerprint density at radius 1 is 1.30 bits per heavy atom. The van der Waals surface area contributed by atoms with Crippen LogP contribution in [0.1, 0.15) is 32.8 Å². The summed E-state index contributed by atoms with van der Waals surface area (Å²) in [4.78, 5) is 0. The van der Waals surface area contributed by atoms with Crippen LogP contribution in [0.15, 0.2) is 24.3 Å². The molecule has 0 radical (unpaired) electrons. The Labute approximate surface area is 126 Å². The van der Waals surface area contributed by atoms with Crippen molar-refractivity contribution in [1.29, 1.82) is 0 Å². The van der Waals surface area contributed by atoms with Crippen molar-refractivity contribution in [2.75, 3.05) is 18.8 Å². The van der Waals surface area contributed by atoms with Crippen molar-refractivity contribution in [3.8, 4) is 0 Å². The maximum Gasteiger partial charge on any atom is 0.155 e. The number of sulfone groups is 1. The predicted octanol–water partition coefficient (Wildman–Crippen LogP) is 2.78. The number of benzene rings is 1. The molecule has 0 bridgehead atoms. The fraction of sp³-hybridized carbons (Fsp3) is 0.600.